The van der Waals surface area contributed by atoms with Crippen LogP contribution in [-0.2, 0) is 15.6 Å². The summed E-state index contributed by atoms with van der Waals surface area (Å²) in [5.74, 6) is -0.333. The Balaban J connectivity index is 3.28. The highest BCUT2D eigenvalue weighted by Crippen LogP contribution is 2.33. The summed E-state index contributed by atoms with van der Waals surface area (Å²) in [5.41, 5.74) is 2.28. The van der Waals surface area contributed by atoms with Crippen molar-refractivity contribution < 1.29 is 14.6 Å². The molecular formula is C17H26O3. The summed E-state index contributed by atoms with van der Waals surface area (Å²) < 4.78 is 5.55. The molecule has 3 nitrogen and oxygen atoms in total. The predicted molar refractivity (Wildman–Crippen MR) is 81.6 cm³/mol. The third-order valence-corrected chi connectivity index (χ3v) is 3.30. The SMILES string of the molecule is CC(Oc1cc(C(C)(C)C)cc(C(C)(C)C)c1)C(=O)O. The molecule has 1 aromatic carbocycles. The van der Waals surface area contributed by atoms with E-state index in [1.54, 1.807) is 6.92 Å². The first-order chi connectivity index (χ1) is 8.91. The molecule has 1 aromatic rings. The zero-order valence-corrected chi connectivity index (χ0v) is 13.6. The molecule has 1 N–H and O–H groups in total. The van der Waals surface area contributed by atoms with Crippen LogP contribution < -0.4 is 4.74 Å². The second-order valence-corrected chi connectivity index (χ2v) is 7.34. The van der Waals surface area contributed by atoms with Gasteiger partial charge in [0.1, 0.15) is 5.75 Å². The fourth-order valence-electron chi connectivity index (χ4n) is 1.79. The summed E-state index contributed by atoms with van der Waals surface area (Å²) in [4.78, 5) is 10.9. The number of aliphatic carboxylic acids is 1. The Morgan fingerprint density at radius 3 is 1.70 bits per heavy atom. The molecule has 0 aromatic heterocycles. The van der Waals surface area contributed by atoms with Gasteiger partial charge in [0.25, 0.3) is 0 Å². The summed E-state index contributed by atoms with van der Waals surface area (Å²) in [6.45, 7) is 14.4. The first kappa shape index (κ1) is 16.5. The van der Waals surface area contributed by atoms with Crippen LogP contribution in [0.5, 0.6) is 5.75 Å². The largest absolute Gasteiger partial charge is 0.479 e. The summed E-state index contributed by atoms with van der Waals surface area (Å²) >= 11 is 0. The Labute approximate surface area is 122 Å². The molecule has 0 spiro atoms. The van der Waals surface area contributed by atoms with Crippen LogP contribution in [0.2, 0.25) is 0 Å². The van der Waals surface area contributed by atoms with Gasteiger partial charge in [-0.25, -0.2) is 4.79 Å². The van der Waals surface area contributed by atoms with E-state index < -0.39 is 12.1 Å². The van der Waals surface area contributed by atoms with Crippen LogP contribution in [0.25, 0.3) is 0 Å². The van der Waals surface area contributed by atoms with Gasteiger partial charge in [0, 0.05) is 0 Å². The number of hydrogen-bond donors (Lipinski definition) is 1. The third-order valence-electron chi connectivity index (χ3n) is 3.30. The quantitative estimate of drug-likeness (QED) is 0.904. The summed E-state index contributed by atoms with van der Waals surface area (Å²) in [6, 6.07) is 6.06. The van der Waals surface area contributed by atoms with Gasteiger partial charge >= 0.3 is 5.97 Å². The topological polar surface area (TPSA) is 46.5 Å². The van der Waals surface area contributed by atoms with E-state index in [0.29, 0.717) is 5.75 Å². The van der Waals surface area contributed by atoms with E-state index in [0.717, 1.165) is 11.1 Å². The van der Waals surface area contributed by atoms with Crippen molar-refractivity contribution in [1.29, 1.82) is 0 Å². The van der Waals surface area contributed by atoms with Gasteiger partial charge in [-0.3, -0.25) is 0 Å². The molecule has 0 aliphatic carbocycles. The summed E-state index contributed by atoms with van der Waals surface area (Å²) in [5, 5.41) is 8.98. The zero-order valence-electron chi connectivity index (χ0n) is 13.6. The molecule has 1 unspecified atom stereocenters. The highest BCUT2D eigenvalue weighted by atomic mass is 16.5. The molecule has 1 atom stereocenters. The molecule has 0 saturated carbocycles. The number of carboxylic acids is 1. The maximum Gasteiger partial charge on any atom is 0.344 e. The fourth-order valence-corrected chi connectivity index (χ4v) is 1.79. The molecule has 0 aliphatic heterocycles. The fraction of sp³-hybridized carbons (Fsp3) is 0.588. The molecule has 0 aliphatic rings. The van der Waals surface area contributed by atoms with Crippen LogP contribution in [0, 0.1) is 0 Å². The molecule has 0 heterocycles. The van der Waals surface area contributed by atoms with Crippen LogP contribution in [0.15, 0.2) is 18.2 Å². The number of carboxylic acid groups (broad SMARTS) is 1. The van der Waals surface area contributed by atoms with Crippen molar-refractivity contribution in [1.82, 2.24) is 0 Å². The Morgan fingerprint density at radius 2 is 1.40 bits per heavy atom. The van der Waals surface area contributed by atoms with Crippen molar-refractivity contribution in [3.8, 4) is 5.75 Å². The number of ether oxygens (including phenoxy) is 1. The van der Waals surface area contributed by atoms with Crippen molar-refractivity contribution in [3.05, 3.63) is 29.3 Å². The number of benzene rings is 1. The molecule has 112 valence electrons. The van der Waals surface area contributed by atoms with Gasteiger partial charge in [-0.05, 0) is 41.0 Å². The standard InChI is InChI=1S/C17H26O3/c1-11(15(18)19)20-14-9-12(16(2,3)4)8-13(10-14)17(5,6)7/h8-11H,1-7H3,(H,18,19). The van der Waals surface area contributed by atoms with E-state index >= 15 is 0 Å². The molecule has 1 rings (SSSR count). The second-order valence-electron chi connectivity index (χ2n) is 7.34. The predicted octanol–water partition coefficient (Wildman–Crippen LogP) is 4.13. The lowest BCUT2D eigenvalue weighted by Gasteiger charge is -2.26. The van der Waals surface area contributed by atoms with Crippen LogP contribution >= 0.6 is 0 Å². The average Bonchev–Trinajstić information content (AvgIpc) is 2.26. The van der Waals surface area contributed by atoms with Gasteiger partial charge in [-0.15, -0.1) is 0 Å². The minimum Gasteiger partial charge on any atom is -0.479 e. The molecular weight excluding hydrogens is 252 g/mol. The number of carbonyl (C=O) groups is 1. The van der Waals surface area contributed by atoms with Crippen molar-refractivity contribution in [2.24, 2.45) is 0 Å². The molecule has 0 saturated heterocycles. The summed E-state index contributed by atoms with van der Waals surface area (Å²) in [7, 11) is 0. The highest BCUT2D eigenvalue weighted by Gasteiger charge is 2.22. The van der Waals surface area contributed by atoms with Gasteiger partial charge in [0.2, 0.25) is 0 Å². The minimum absolute atomic E-state index is 0.00810. The monoisotopic (exact) mass is 278 g/mol. The second kappa shape index (κ2) is 5.47. The lowest BCUT2D eigenvalue weighted by atomic mass is 9.80. The van der Waals surface area contributed by atoms with Gasteiger partial charge < -0.3 is 9.84 Å². The lowest BCUT2D eigenvalue weighted by Crippen LogP contribution is -2.24. The van der Waals surface area contributed by atoms with E-state index in [1.807, 2.05) is 12.1 Å². The first-order valence-electron chi connectivity index (χ1n) is 6.97. The Morgan fingerprint density at radius 1 is 1.00 bits per heavy atom. The van der Waals surface area contributed by atoms with Crippen LogP contribution in [0.4, 0.5) is 0 Å². The molecule has 20 heavy (non-hydrogen) atoms. The summed E-state index contributed by atoms with van der Waals surface area (Å²) in [6.07, 6.45) is -0.849. The van der Waals surface area contributed by atoms with E-state index in [9.17, 15) is 4.79 Å². The van der Waals surface area contributed by atoms with Gasteiger partial charge in [0.15, 0.2) is 6.10 Å². The number of hydrogen-bond acceptors (Lipinski definition) is 2. The van der Waals surface area contributed by atoms with Gasteiger partial charge in [-0.2, -0.15) is 0 Å². The minimum atomic E-state index is -0.955. The Bertz CT molecular complexity index is 458. The van der Waals surface area contributed by atoms with Crippen LogP contribution in [-0.4, -0.2) is 17.2 Å². The smallest absolute Gasteiger partial charge is 0.344 e. The van der Waals surface area contributed by atoms with E-state index in [4.69, 9.17) is 9.84 Å². The maximum absolute atomic E-state index is 10.9. The molecule has 3 heteroatoms. The molecule has 0 radical (unpaired) electrons. The van der Waals surface area contributed by atoms with E-state index in [1.165, 1.54) is 0 Å². The van der Waals surface area contributed by atoms with Crippen molar-refractivity contribution in [3.63, 3.8) is 0 Å². The molecule has 0 fully saturated rings. The molecule has 0 bridgehead atoms. The van der Waals surface area contributed by atoms with Gasteiger partial charge in [-0.1, -0.05) is 47.6 Å². The maximum atomic E-state index is 10.9. The molecule has 0 amide bonds. The van der Waals surface area contributed by atoms with E-state index in [-0.39, 0.29) is 10.8 Å². The Hall–Kier alpha value is -1.51. The van der Waals surface area contributed by atoms with Gasteiger partial charge in [0.05, 0.1) is 0 Å². The third kappa shape index (κ3) is 4.26. The van der Waals surface area contributed by atoms with Crippen molar-refractivity contribution >= 4 is 5.97 Å². The van der Waals surface area contributed by atoms with Crippen LogP contribution in [0.1, 0.15) is 59.6 Å². The van der Waals surface area contributed by atoms with E-state index in [2.05, 4.69) is 47.6 Å². The van der Waals surface area contributed by atoms with Crippen molar-refractivity contribution in [2.75, 3.05) is 0 Å². The van der Waals surface area contributed by atoms with Crippen LogP contribution in [0.3, 0.4) is 0 Å². The zero-order chi connectivity index (χ0) is 15.7. The number of rotatable bonds is 3. The first-order valence-corrected chi connectivity index (χ1v) is 6.97. The highest BCUT2D eigenvalue weighted by molar-refractivity contribution is 5.72. The Kier molecular flexibility index (Phi) is 4.52. The normalized spacial score (nSPS) is 13.9. The average molecular weight is 278 g/mol. The van der Waals surface area contributed by atoms with Crippen molar-refractivity contribution in [2.45, 2.75) is 65.4 Å². The lowest BCUT2D eigenvalue weighted by molar-refractivity contribution is -0.144.